The van der Waals surface area contributed by atoms with Crippen molar-refractivity contribution in [1.29, 1.82) is 0 Å². The molecule has 1 fully saturated rings. The van der Waals surface area contributed by atoms with Crippen LogP contribution in [0.5, 0.6) is 0 Å². The van der Waals surface area contributed by atoms with E-state index in [1.54, 1.807) is 31.2 Å². The Morgan fingerprint density at radius 3 is 2.06 bits per heavy atom. The average Bonchev–Trinajstić information content (AvgIpc) is 3.62. The van der Waals surface area contributed by atoms with Crippen LogP contribution in [0, 0.1) is 0 Å². The van der Waals surface area contributed by atoms with Crippen molar-refractivity contribution in [2.24, 2.45) is 0 Å². The first-order valence-corrected chi connectivity index (χ1v) is 11.7. The SMILES string of the molecule is C[C@@H](NC(=O)OCC1c2ccccc2-c2ccccc21)C(=O)Nc1ccc(C2(C(=O)O)CC2)cc1. The Hall–Kier alpha value is -4.13. The molecule has 0 aromatic heterocycles. The van der Waals surface area contributed by atoms with E-state index in [-0.39, 0.29) is 12.5 Å². The monoisotopic (exact) mass is 470 g/mol. The highest BCUT2D eigenvalue weighted by atomic mass is 16.5. The maximum atomic E-state index is 12.6. The molecule has 3 N–H and O–H groups in total. The molecule has 0 aliphatic heterocycles. The van der Waals surface area contributed by atoms with Crippen molar-refractivity contribution < 1.29 is 24.2 Å². The summed E-state index contributed by atoms with van der Waals surface area (Å²) in [5, 5.41) is 14.7. The quantitative estimate of drug-likeness (QED) is 0.466. The summed E-state index contributed by atoms with van der Waals surface area (Å²) in [4.78, 5) is 36.5. The number of anilines is 1. The van der Waals surface area contributed by atoms with Crippen LogP contribution in [0.15, 0.2) is 72.8 Å². The number of alkyl carbamates (subject to hydrolysis) is 1. The van der Waals surface area contributed by atoms with Gasteiger partial charge in [-0.25, -0.2) is 4.79 Å². The van der Waals surface area contributed by atoms with Gasteiger partial charge in [0.1, 0.15) is 12.6 Å². The molecule has 7 heteroatoms. The second kappa shape index (κ2) is 8.91. The molecule has 0 spiro atoms. The van der Waals surface area contributed by atoms with Crippen LogP contribution in [0.2, 0.25) is 0 Å². The Balaban J connectivity index is 1.16. The molecule has 1 atom stereocenters. The molecule has 3 aromatic carbocycles. The molecular weight excluding hydrogens is 444 g/mol. The third kappa shape index (κ3) is 4.25. The lowest BCUT2D eigenvalue weighted by Gasteiger charge is -2.17. The van der Waals surface area contributed by atoms with Gasteiger partial charge in [0.05, 0.1) is 5.41 Å². The predicted molar refractivity (Wildman–Crippen MR) is 131 cm³/mol. The van der Waals surface area contributed by atoms with E-state index in [0.29, 0.717) is 18.5 Å². The number of aliphatic carboxylic acids is 1. The van der Waals surface area contributed by atoms with E-state index in [0.717, 1.165) is 27.8 Å². The minimum absolute atomic E-state index is 0.0589. The van der Waals surface area contributed by atoms with Crippen molar-refractivity contribution in [2.75, 3.05) is 11.9 Å². The van der Waals surface area contributed by atoms with Crippen LogP contribution in [0.3, 0.4) is 0 Å². The molecule has 2 amide bonds. The van der Waals surface area contributed by atoms with Gasteiger partial charge >= 0.3 is 12.1 Å². The van der Waals surface area contributed by atoms with E-state index < -0.39 is 29.4 Å². The molecule has 178 valence electrons. The van der Waals surface area contributed by atoms with Crippen molar-refractivity contribution in [3.8, 4) is 11.1 Å². The Bertz CT molecular complexity index is 1250. The third-order valence-corrected chi connectivity index (χ3v) is 6.94. The number of ether oxygens (including phenoxy) is 1. The molecule has 2 aliphatic carbocycles. The van der Waals surface area contributed by atoms with Crippen molar-refractivity contribution in [3.63, 3.8) is 0 Å². The summed E-state index contributed by atoms with van der Waals surface area (Å²) >= 11 is 0. The first kappa shape index (κ1) is 22.7. The Labute approximate surface area is 203 Å². The van der Waals surface area contributed by atoms with Gasteiger partial charge in [-0.1, -0.05) is 60.7 Å². The summed E-state index contributed by atoms with van der Waals surface area (Å²) < 4.78 is 5.51. The van der Waals surface area contributed by atoms with E-state index >= 15 is 0 Å². The molecule has 2 aliphatic rings. The van der Waals surface area contributed by atoms with Gasteiger partial charge in [0, 0.05) is 11.6 Å². The number of carboxylic acid groups (broad SMARTS) is 1. The minimum Gasteiger partial charge on any atom is -0.481 e. The predicted octanol–water partition coefficient (Wildman–Crippen LogP) is 4.67. The number of fused-ring (bicyclic) bond motifs is 3. The van der Waals surface area contributed by atoms with Gasteiger partial charge in [-0.2, -0.15) is 0 Å². The Morgan fingerprint density at radius 1 is 0.943 bits per heavy atom. The standard InChI is InChI=1S/C28H26N2O5/c1-17(25(31)30-19-12-10-18(11-13-19)28(14-15-28)26(32)33)29-27(34)35-16-24-22-8-4-2-6-20(22)21-7-3-5-9-23(21)24/h2-13,17,24H,14-16H2,1H3,(H,29,34)(H,30,31)(H,32,33)/t17-/m1/s1. The maximum Gasteiger partial charge on any atom is 0.407 e. The van der Waals surface area contributed by atoms with Crippen LogP contribution in [0.1, 0.15) is 42.4 Å². The van der Waals surface area contributed by atoms with E-state index in [1.165, 1.54) is 0 Å². The number of carbonyl (C=O) groups excluding carboxylic acids is 2. The lowest BCUT2D eigenvalue weighted by molar-refractivity contribution is -0.140. The third-order valence-electron chi connectivity index (χ3n) is 6.94. The smallest absolute Gasteiger partial charge is 0.407 e. The highest BCUT2D eigenvalue weighted by Gasteiger charge is 2.51. The number of hydrogen-bond donors (Lipinski definition) is 3. The summed E-state index contributed by atoms with van der Waals surface area (Å²) in [6.07, 6.45) is 0.576. The van der Waals surface area contributed by atoms with E-state index in [2.05, 4.69) is 22.8 Å². The van der Waals surface area contributed by atoms with Crippen LogP contribution in [0.25, 0.3) is 11.1 Å². The first-order chi connectivity index (χ1) is 16.9. The normalized spacial score (nSPS) is 15.9. The fourth-order valence-electron chi connectivity index (χ4n) is 4.76. The van der Waals surface area contributed by atoms with Crippen LogP contribution in [-0.4, -0.2) is 35.7 Å². The van der Waals surface area contributed by atoms with Crippen molar-refractivity contribution in [1.82, 2.24) is 5.32 Å². The second-order valence-corrected chi connectivity index (χ2v) is 9.15. The molecule has 0 unspecified atom stereocenters. The zero-order valence-corrected chi connectivity index (χ0v) is 19.3. The Morgan fingerprint density at radius 2 is 1.51 bits per heavy atom. The van der Waals surface area contributed by atoms with Gasteiger partial charge in [-0.15, -0.1) is 0 Å². The summed E-state index contributed by atoms with van der Waals surface area (Å²) in [6, 6.07) is 22.1. The number of nitrogens with one attached hydrogen (secondary N) is 2. The number of rotatable bonds is 7. The summed E-state index contributed by atoms with van der Waals surface area (Å²) in [6.45, 7) is 1.75. The molecule has 7 nitrogen and oxygen atoms in total. The summed E-state index contributed by atoms with van der Waals surface area (Å²) in [5.41, 5.74) is 4.99. The first-order valence-electron chi connectivity index (χ1n) is 11.7. The molecule has 0 heterocycles. The van der Waals surface area contributed by atoms with Crippen LogP contribution >= 0.6 is 0 Å². The van der Waals surface area contributed by atoms with Crippen LogP contribution in [0.4, 0.5) is 10.5 Å². The van der Waals surface area contributed by atoms with Gasteiger partial charge in [0.15, 0.2) is 0 Å². The molecule has 3 aromatic rings. The molecule has 0 radical (unpaired) electrons. The van der Waals surface area contributed by atoms with Crippen LogP contribution in [-0.2, 0) is 19.7 Å². The molecule has 35 heavy (non-hydrogen) atoms. The number of hydrogen-bond acceptors (Lipinski definition) is 4. The van der Waals surface area contributed by atoms with Crippen molar-refractivity contribution in [2.45, 2.75) is 37.1 Å². The highest BCUT2D eigenvalue weighted by Crippen LogP contribution is 2.48. The average molecular weight is 471 g/mol. The largest absolute Gasteiger partial charge is 0.481 e. The zero-order valence-electron chi connectivity index (χ0n) is 19.3. The highest BCUT2D eigenvalue weighted by molar-refractivity contribution is 5.96. The minimum atomic E-state index is -0.824. The van der Waals surface area contributed by atoms with Gasteiger partial charge in [0.25, 0.3) is 0 Å². The van der Waals surface area contributed by atoms with Gasteiger partial charge in [-0.05, 0) is 59.7 Å². The van der Waals surface area contributed by atoms with E-state index in [1.807, 2.05) is 36.4 Å². The molecule has 0 saturated heterocycles. The fourth-order valence-corrected chi connectivity index (χ4v) is 4.76. The molecular formula is C28H26N2O5. The van der Waals surface area contributed by atoms with Gasteiger partial charge < -0.3 is 20.5 Å². The fraction of sp³-hybridized carbons (Fsp3) is 0.250. The number of amides is 2. The maximum absolute atomic E-state index is 12.6. The van der Waals surface area contributed by atoms with Gasteiger partial charge in [-0.3, -0.25) is 9.59 Å². The Kier molecular flexibility index (Phi) is 5.76. The van der Waals surface area contributed by atoms with Crippen molar-refractivity contribution in [3.05, 3.63) is 89.5 Å². The van der Waals surface area contributed by atoms with Crippen molar-refractivity contribution >= 4 is 23.7 Å². The number of benzene rings is 3. The summed E-state index contributed by atoms with van der Waals surface area (Å²) in [7, 11) is 0. The number of carbonyl (C=O) groups is 3. The number of carboxylic acids is 1. The molecule has 0 bridgehead atoms. The lowest BCUT2D eigenvalue weighted by Crippen LogP contribution is -2.42. The molecule has 1 saturated carbocycles. The lowest BCUT2D eigenvalue weighted by atomic mass is 9.96. The van der Waals surface area contributed by atoms with Gasteiger partial charge in [0.2, 0.25) is 5.91 Å². The second-order valence-electron chi connectivity index (χ2n) is 9.15. The van der Waals surface area contributed by atoms with E-state index in [9.17, 15) is 19.5 Å². The van der Waals surface area contributed by atoms with Crippen LogP contribution < -0.4 is 10.6 Å². The molecule has 5 rings (SSSR count). The summed E-state index contributed by atoms with van der Waals surface area (Å²) in [5.74, 6) is -1.28. The zero-order chi connectivity index (χ0) is 24.6. The van der Waals surface area contributed by atoms with E-state index in [4.69, 9.17) is 4.74 Å². The topological polar surface area (TPSA) is 105 Å².